The van der Waals surface area contributed by atoms with Gasteiger partial charge in [0.15, 0.2) is 5.13 Å². The molecule has 2 N–H and O–H groups in total. The van der Waals surface area contributed by atoms with Crippen LogP contribution in [-0.4, -0.2) is 53.2 Å². The number of ether oxygens (including phenoxy) is 1. The quantitative estimate of drug-likeness (QED) is 0.871. The van der Waals surface area contributed by atoms with Gasteiger partial charge in [0.25, 0.3) is 0 Å². The summed E-state index contributed by atoms with van der Waals surface area (Å²) in [4.78, 5) is 19.1. The van der Waals surface area contributed by atoms with Crippen LogP contribution in [0.4, 0.5) is 5.13 Å². The van der Waals surface area contributed by atoms with Crippen molar-refractivity contribution in [3.05, 3.63) is 11.1 Å². The van der Waals surface area contributed by atoms with Crippen molar-refractivity contribution in [2.75, 3.05) is 31.2 Å². The van der Waals surface area contributed by atoms with Gasteiger partial charge in [0.2, 0.25) is 0 Å². The van der Waals surface area contributed by atoms with Gasteiger partial charge >= 0.3 is 5.97 Å². The fourth-order valence-electron chi connectivity index (χ4n) is 2.57. The monoisotopic (exact) mass is 329 g/mol. The average Bonchev–Trinajstić information content (AvgIpc) is 3.03. The van der Waals surface area contributed by atoms with Gasteiger partial charge in [-0.25, -0.2) is 4.98 Å². The SMILES string of the molecule is CC1(C)SC(c2cnc(N3CCOCC3)s2)NC1C(=O)O. The van der Waals surface area contributed by atoms with Crippen LogP contribution >= 0.6 is 23.1 Å². The molecule has 0 bridgehead atoms. The maximum Gasteiger partial charge on any atom is 0.322 e. The summed E-state index contributed by atoms with van der Waals surface area (Å²) in [6.07, 6.45) is 1.86. The van der Waals surface area contributed by atoms with E-state index in [1.807, 2.05) is 20.0 Å². The Hall–Kier alpha value is -0.830. The highest BCUT2D eigenvalue weighted by molar-refractivity contribution is 8.01. The second kappa shape index (κ2) is 5.75. The average molecular weight is 329 g/mol. The van der Waals surface area contributed by atoms with Crippen LogP contribution in [0.5, 0.6) is 0 Å². The summed E-state index contributed by atoms with van der Waals surface area (Å²) >= 11 is 3.29. The third kappa shape index (κ3) is 3.03. The molecule has 2 fully saturated rings. The molecule has 0 amide bonds. The van der Waals surface area contributed by atoms with Crippen LogP contribution in [-0.2, 0) is 9.53 Å². The summed E-state index contributed by atoms with van der Waals surface area (Å²) in [5.74, 6) is -0.798. The standard InChI is InChI=1S/C13H19N3O3S2/c1-13(2)9(11(17)18)15-10(21-13)8-7-14-12(20-8)16-3-5-19-6-4-16/h7,9-10,15H,3-6H2,1-2H3,(H,17,18). The maximum absolute atomic E-state index is 11.3. The minimum Gasteiger partial charge on any atom is -0.480 e. The van der Waals surface area contributed by atoms with E-state index in [0.717, 1.165) is 36.3 Å². The van der Waals surface area contributed by atoms with Crippen molar-refractivity contribution in [3.8, 4) is 0 Å². The largest absolute Gasteiger partial charge is 0.480 e. The van der Waals surface area contributed by atoms with E-state index < -0.39 is 12.0 Å². The van der Waals surface area contributed by atoms with E-state index in [2.05, 4.69) is 15.2 Å². The van der Waals surface area contributed by atoms with Crippen molar-refractivity contribution in [1.29, 1.82) is 0 Å². The molecule has 3 heterocycles. The zero-order valence-corrected chi connectivity index (χ0v) is 13.7. The Balaban J connectivity index is 1.73. The zero-order chi connectivity index (χ0) is 15.0. The van der Waals surface area contributed by atoms with E-state index in [1.165, 1.54) is 0 Å². The van der Waals surface area contributed by atoms with Gasteiger partial charge in [-0.05, 0) is 13.8 Å². The summed E-state index contributed by atoms with van der Waals surface area (Å²) in [6, 6.07) is -0.540. The molecule has 116 valence electrons. The second-order valence-electron chi connectivity index (χ2n) is 5.68. The first-order valence-electron chi connectivity index (χ1n) is 6.92. The Morgan fingerprint density at radius 2 is 2.24 bits per heavy atom. The summed E-state index contributed by atoms with van der Waals surface area (Å²) in [5, 5.41) is 13.5. The van der Waals surface area contributed by atoms with Gasteiger partial charge in [0.1, 0.15) is 6.04 Å². The van der Waals surface area contributed by atoms with Gasteiger partial charge in [-0.15, -0.1) is 11.8 Å². The number of carboxylic acids is 1. The van der Waals surface area contributed by atoms with Crippen LogP contribution in [0.2, 0.25) is 0 Å². The number of aromatic nitrogens is 1. The number of nitrogens with one attached hydrogen (secondary N) is 1. The van der Waals surface area contributed by atoms with E-state index in [0.29, 0.717) is 0 Å². The predicted octanol–water partition coefficient (Wildman–Crippen LogP) is 1.55. The molecular weight excluding hydrogens is 310 g/mol. The highest BCUT2D eigenvalue weighted by atomic mass is 32.2. The molecule has 0 spiro atoms. The van der Waals surface area contributed by atoms with E-state index in [1.54, 1.807) is 23.1 Å². The molecule has 2 unspecified atom stereocenters. The Morgan fingerprint density at radius 1 is 1.52 bits per heavy atom. The number of thiazole rings is 1. The smallest absolute Gasteiger partial charge is 0.322 e. The van der Waals surface area contributed by atoms with E-state index >= 15 is 0 Å². The number of hydrogen-bond acceptors (Lipinski definition) is 7. The number of thioether (sulfide) groups is 1. The lowest BCUT2D eigenvalue weighted by Gasteiger charge is -2.26. The fraction of sp³-hybridized carbons (Fsp3) is 0.692. The first-order chi connectivity index (χ1) is 9.97. The van der Waals surface area contributed by atoms with Crippen LogP contribution in [0.15, 0.2) is 6.20 Å². The number of carboxylic acid groups (broad SMARTS) is 1. The normalized spacial score (nSPS) is 28.8. The lowest BCUT2D eigenvalue weighted by molar-refractivity contribution is -0.139. The van der Waals surface area contributed by atoms with Crippen molar-refractivity contribution in [3.63, 3.8) is 0 Å². The van der Waals surface area contributed by atoms with Crippen molar-refractivity contribution in [2.24, 2.45) is 0 Å². The number of hydrogen-bond donors (Lipinski definition) is 2. The van der Waals surface area contributed by atoms with Gasteiger partial charge in [-0.2, -0.15) is 0 Å². The number of aliphatic carboxylic acids is 1. The summed E-state index contributed by atoms with van der Waals surface area (Å²) < 4.78 is 5.02. The van der Waals surface area contributed by atoms with Crippen molar-refractivity contribution in [1.82, 2.24) is 10.3 Å². The molecule has 0 aromatic carbocycles. The highest BCUT2D eigenvalue weighted by Gasteiger charge is 2.46. The molecule has 0 radical (unpaired) electrons. The molecule has 8 heteroatoms. The topological polar surface area (TPSA) is 74.7 Å². The van der Waals surface area contributed by atoms with Gasteiger partial charge in [0.05, 0.1) is 23.5 Å². The molecule has 3 rings (SSSR count). The molecule has 2 saturated heterocycles. The van der Waals surface area contributed by atoms with Gasteiger partial charge in [-0.1, -0.05) is 11.3 Å². The molecule has 6 nitrogen and oxygen atoms in total. The molecule has 0 saturated carbocycles. The Labute approximate surface area is 131 Å². The molecule has 1 aromatic heterocycles. The number of carbonyl (C=O) groups is 1. The first kappa shape index (κ1) is 15.1. The molecule has 2 aliphatic heterocycles. The van der Waals surface area contributed by atoms with Crippen LogP contribution in [0.3, 0.4) is 0 Å². The lowest BCUT2D eigenvalue weighted by atomic mass is 10.0. The Morgan fingerprint density at radius 3 is 2.86 bits per heavy atom. The van der Waals surface area contributed by atoms with E-state index in [4.69, 9.17) is 4.74 Å². The summed E-state index contributed by atoms with van der Waals surface area (Å²) in [5.41, 5.74) is 0. The number of nitrogens with zero attached hydrogens (tertiary/aromatic N) is 2. The van der Waals surface area contributed by atoms with Crippen LogP contribution in [0.1, 0.15) is 24.1 Å². The van der Waals surface area contributed by atoms with E-state index in [-0.39, 0.29) is 10.1 Å². The third-order valence-electron chi connectivity index (χ3n) is 3.73. The lowest BCUT2D eigenvalue weighted by Crippen LogP contribution is -2.43. The molecule has 2 atom stereocenters. The summed E-state index contributed by atoms with van der Waals surface area (Å²) in [7, 11) is 0. The predicted molar refractivity (Wildman–Crippen MR) is 84.1 cm³/mol. The molecule has 1 aromatic rings. The van der Waals surface area contributed by atoms with Crippen LogP contribution < -0.4 is 10.2 Å². The van der Waals surface area contributed by atoms with Crippen LogP contribution in [0.25, 0.3) is 0 Å². The van der Waals surface area contributed by atoms with Gasteiger partial charge < -0.3 is 14.7 Å². The number of morpholine rings is 1. The minimum atomic E-state index is -0.798. The van der Waals surface area contributed by atoms with Crippen LogP contribution in [0, 0.1) is 0 Å². The molecule has 2 aliphatic rings. The van der Waals surface area contributed by atoms with E-state index in [9.17, 15) is 9.90 Å². The zero-order valence-electron chi connectivity index (χ0n) is 12.0. The number of anilines is 1. The summed E-state index contributed by atoms with van der Waals surface area (Å²) in [6.45, 7) is 7.13. The molecule has 0 aliphatic carbocycles. The first-order valence-corrected chi connectivity index (χ1v) is 8.62. The second-order valence-corrected chi connectivity index (χ2v) is 8.48. The van der Waals surface area contributed by atoms with Gasteiger partial charge in [-0.3, -0.25) is 10.1 Å². The highest BCUT2D eigenvalue weighted by Crippen LogP contribution is 2.47. The van der Waals surface area contributed by atoms with Crippen molar-refractivity contribution >= 4 is 34.2 Å². The van der Waals surface area contributed by atoms with Crippen molar-refractivity contribution < 1.29 is 14.6 Å². The molecular formula is C13H19N3O3S2. The third-order valence-corrected chi connectivity index (χ3v) is 6.47. The fourth-order valence-corrected chi connectivity index (χ4v) is 5.06. The Bertz CT molecular complexity index is 528. The number of rotatable bonds is 3. The van der Waals surface area contributed by atoms with Crippen molar-refractivity contribution in [2.45, 2.75) is 30.0 Å². The maximum atomic E-state index is 11.3. The Kier molecular flexibility index (Phi) is 4.13. The molecule has 21 heavy (non-hydrogen) atoms. The van der Waals surface area contributed by atoms with Gasteiger partial charge in [0, 0.05) is 24.0 Å². The minimum absolute atomic E-state index is 0.00612.